The SMILES string of the molecule is Cc1ccccc1-c1cc(-c2ccc(-c3ccc(-c4ccc(-n5c6ccccc6c6cc(-n7c8ccccc8c8ccccc87)ccc65)c(C)c4)cc3)cc2)nc(-c2ccccc2C#N)n1. The maximum absolute atomic E-state index is 9.91. The highest BCUT2D eigenvalue weighted by molar-refractivity contribution is 6.12. The average molecular weight is 844 g/mol. The molecule has 66 heavy (non-hydrogen) atoms. The summed E-state index contributed by atoms with van der Waals surface area (Å²) in [5, 5.41) is 14.9. The fraction of sp³-hybridized carbons (Fsp3) is 0.0328. The molecule has 3 heterocycles. The summed E-state index contributed by atoms with van der Waals surface area (Å²) in [5.41, 5.74) is 18.9. The van der Waals surface area contributed by atoms with E-state index in [9.17, 15) is 5.26 Å². The largest absolute Gasteiger partial charge is 0.309 e. The highest BCUT2D eigenvalue weighted by Gasteiger charge is 2.18. The molecule has 310 valence electrons. The molecular weight excluding hydrogens is 803 g/mol. The minimum Gasteiger partial charge on any atom is -0.309 e. The van der Waals surface area contributed by atoms with Crippen LogP contribution in [0, 0.1) is 25.2 Å². The van der Waals surface area contributed by atoms with E-state index >= 15 is 0 Å². The summed E-state index contributed by atoms with van der Waals surface area (Å²) < 4.78 is 4.82. The number of nitrogens with zero attached hydrogens (tertiary/aromatic N) is 5. The molecule has 0 atom stereocenters. The molecule has 0 aliphatic carbocycles. The van der Waals surface area contributed by atoms with Gasteiger partial charge in [0, 0.05) is 49.6 Å². The summed E-state index contributed by atoms with van der Waals surface area (Å²) in [6.07, 6.45) is 0. The predicted octanol–water partition coefficient (Wildman–Crippen LogP) is 15.5. The predicted molar refractivity (Wildman–Crippen MR) is 272 cm³/mol. The Balaban J connectivity index is 0.854. The number of para-hydroxylation sites is 3. The van der Waals surface area contributed by atoms with Crippen LogP contribution < -0.4 is 0 Å². The van der Waals surface area contributed by atoms with Crippen molar-refractivity contribution in [1.29, 1.82) is 5.26 Å². The van der Waals surface area contributed by atoms with Crippen molar-refractivity contribution in [2.24, 2.45) is 0 Å². The quantitative estimate of drug-likeness (QED) is 0.161. The van der Waals surface area contributed by atoms with Gasteiger partial charge in [0.2, 0.25) is 0 Å². The van der Waals surface area contributed by atoms with Crippen LogP contribution in [0.3, 0.4) is 0 Å². The number of rotatable bonds is 7. The van der Waals surface area contributed by atoms with Gasteiger partial charge < -0.3 is 9.13 Å². The lowest BCUT2D eigenvalue weighted by atomic mass is 9.97. The molecular formula is C61H41N5. The molecule has 5 nitrogen and oxygen atoms in total. The van der Waals surface area contributed by atoms with Crippen molar-refractivity contribution < 1.29 is 0 Å². The van der Waals surface area contributed by atoms with Gasteiger partial charge >= 0.3 is 0 Å². The Labute approximate surface area is 382 Å². The van der Waals surface area contributed by atoms with Gasteiger partial charge in [-0.15, -0.1) is 0 Å². The molecule has 0 aliphatic heterocycles. The van der Waals surface area contributed by atoms with Gasteiger partial charge in [0.25, 0.3) is 0 Å². The molecule has 12 aromatic rings. The lowest BCUT2D eigenvalue weighted by molar-refractivity contribution is 1.14. The lowest BCUT2D eigenvalue weighted by Gasteiger charge is -2.14. The summed E-state index contributed by atoms with van der Waals surface area (Å²) in [4.78, 5) is 9.99. The Morgan fingerprint density at radius 1 is 0.379 bits per heavy atom. The summed E-state index contributed by atoms with van der Waals surface area (Å²) in [7, 11) is 0. The minimum atomic E-state index is 0.533. The van der Waals surface area contributed by atoms with Crippen LogP contribution in [0.5, 0.6) is 0 Å². The van der Waals surface area contributed by atoms with E-state index in [0.29, 0.717) is 11.4 Å². The van der Waals surface area contributed by atoms with Crippen LogP contribution in [0.1, 0.15) is 16.7 Å². The van der Waals surface area contributed by atoms with Gasteiger partial charge in [0.15, 0.2) is 5.82 Å². The molecule has 3 aromatic heterocycles. The number of aromatic nitrogens is 4. The smallest absolute Gasteiger partial charge is 0.161 e. The van der Waals surface area contributed by atoms with Gasteiger partial charge in [-0.1, -0.05) is 146 Å². The summed E-state index contributed by atoms with van der Waals surface area (Å²) in [6, 6.07) is 77.4. The first-order valence-electron chi connectivity index (χ1n) is 22.3. The number of hydrogen-bond acceptors (Lipinski definition) is 3. The van der Waals surface area contributed by atoms with Crippen LogP contribution in [0.15, 0.2) is 212 Å². The summed E-state index contributed by atoms with van der Waals surface area (Å²) in [6.45, 7) is 4.31. The number of hydrogen-bond donors (Lipinski definition) is 0. The Hall–Kier alpha value is -8.85. The first-order chi connectivity index (χ1) is 32.5. The van der Waals surface area contributed by atoms with E-state index in [0.717, 1.165) is 56.0 Å². The Morgan fingerprint density at radius 2 is 0.879 bits per heavy atom. The molecule has 0 amide bonds. The number of aryl methyl sites for hydroxylation is 2. The van der Waals surface area contributed by atoms with Crippen LogP contribution in [0.4, 0.5) is 0 Å². The maximum Gasteiger partial charge on any atom is 0.161 e. The van der Waals surface area contributed by atoms with Gasteiger partial charge in [-0.05, 0) is 114 Å². The van der Waals surface area contributed by atoms with Crippen molar-refractivity contribution in [3.63, 3.8) is 0 Å². The molecule has 5 heteroatoms. The fourth-order valence-corrected chi connectivity index (χ4v) is 9.82. The molecule has 0 aliphatic rings. The molecule has 0 unspecified atom stereocenters. The van der Waals surface area contributed by atoms with Crippen molar-refractivity contribution in [3.05, 3.63) is 229 Å². The van der Waals surface area contributed by atoms with Crippen molar-refractivity contribution in [2.75, 3.05) is 0 Å². The number of benzene rings is 9. The molecule has 0 saturated heterocycles. The van der Waals surface area contributed by atoms with E-state index in [1.807, 2.05) is 42.5 Å². The van der Waals surface area contributed by atoms with Gasteiger partial charge in [-0.25, -0.2) is 9.97 Å². The monoisotopic (exact) mass is 843 g/mol. The molecule has 12 rings (SSSR count). The van der Waals surface area contributed by atoms with E-state index in [1.165, 1.54) is 60.4 Å². The highest BCUT2D eigenvalue weighted by atomic mass is 15.0. The third-order valence-corrected chi connectivity index (χ3v) is 13.1. The van der Waals surface area contributed by atoms with Crippen LogP contribution in [-0.2, 0) is 0 Å². The van der Waals surface area contributed by atoms with E-state index in [4.69, 9.17) is 9.97 Å². The summed E-state index contributed by atoms with van der Waals surface area (Å²) in [5.74, 6) is 0.533. The molecule has 0 saturated carbocycles. The fourth-order valence-electron chi connectivity index (χ4n) is 9.82. The second kappa shape index (κ2) is 15.7. The molecule has 0 bridgehead atoms. The zero-order valence-electron chi connectivity index (χ0n) is 36.4. The molecule has 0 radical (unpaired) electrons. The third-order valence-electron chi connectivity index (χ3n) is 13.1. The third kappa shape index (κ3) is 6.47. The van der Waals surface area contributed by atoms with Crippen molar-refractivity contribution in [2.45, 2.75) is 13.8 Å². The molecule has 9 aromatic carbocycles. The van der Waals surface area contributed by atoms with Crippen molar-refractivity contribution in [3.8, 4) is 73.6 Å². The Morgan fingerprint density at radius 3 is 1.52 bits per heavy atom. The van der Waals surface area contributed by atoms with E-state index in [2.05, 4.69) is 199 Å². The lowest BCUT2D eigenvalue weighted by Crippen LogP contribution is -1.98. The Kier molecular flexibility index (Phi) is 9.25. The first-order valence-corrected chi connectivity index (χ1v) is 22.3. The van der Waals surface area contributed by atoms with Crippen molar-refractivity contribution >= 4 is 43.6 Å². The zero-order chi connectivity index (χ0) is 44.3. The van der Waals surface area contributed by atoms with Gasteiger partial charge in [-0.2, -0.15) is 5.26 Å². The second-order valence-corrected chi connectivity index (χ2v) is 17.0. The van der Waals surface area contributed by atoms with E-state index in [-0.39, 0.29) is 0 Å². The van der Waals surface area contributed by atoms with Gasteiger partial charge in [0.1, 0.15) is 0 Å². The molecule has 0 N–H and O–H groups in total. The topological polar surface area (TPSA) is 59.4 Å². The summed E-state index contributed by atoms with van der Waals surface area (Å²) >= 11 is 0. The van der Waals surface area contributed by atoms with E-state index in [1.54, 1.807) is 0 Å². The van der Waals surface area contributed by atoms with E-state index < -0.39 is 0 Å². The van der Waals surface area contributed by atoms with Crippen LogP contribution >= 0.6 is 0 Å². The zero-order valence-corrected chi connectivity index (χ0v) is 36.4. The first kappa shape index (κ1) is 38.8. The number of nitriles is 1. The van der Waals surface area contributed by atoms with Crippen LogP contribution in [-0.4, -0.2) is 19.1 Å². The standard InChI is InChI=1S/C61H41N5/c1-39-13-3-5-15-48(39)55-37-54(63-61(64-55)49-16-6-4-14-46(49)38-62)44-29-27-42(28-30-44)41-23-25-43(26-24-41)45-31-33-56(40(2)35-45)66-59-22-12-9-19-52(59)53-36-47(32-34-60(53)66)65-57-20-10-7-17-50(57)51-18-8-11-21-58(51)65/h3-37H,1-2H3. The van der Waals surface area contributed by atoms with Gasteiger partial charge in [-0.3, -0.25) is 0 Å². The number of fused-ring (bicyclic) bond motifs is 6. The highest BCUT2D eigenvalue weighted by Crippen LogP contribution is 2.39. The van der Waals surface area contributed by atoms with Crippen LogP contribution in [0.25, 0.3) is 111 Å². The maximum atomic E-state index is 9.91. The van der Waals surface area contributed by atoms with Crippen molar-refractivity contribution in [1.82, 2.24) is 19.1 Å². The molecule has 0 fully saturated rings. The molecule has 0 spiro atoms. The average Bonchev–Trinajstić information content (AvgIpc) is 3.89. The Bertz CT molecular complexity index is 3850. The minimum absolute atomic E-state index is 0.533. The normalized spacial score (nSPS) is 11.5. The van der Waals surface area contributed by atoms with Crippen LogP contribution in [0.2, 0.25) is 0 Å². The van der Waals surface area contributed by atoms with Gasteiger partial charge in [0.05, 0.1) is 45.1 Å². The second-order valence-electron chi connectivity index (χ2n) is 17.0.